The Balaban J connectivity index is 2.81. The number of hydrogen-bond donors (Lipinski definition) is 2. The number of amides is 1. The number of rotatable bonds is 8. The Labute approximate surface area is 123 Å². The van der Waals surface area contributed by atoms with Crippen LogP contribution in [0.15, 0.2) is 18.2 Å². The van der Waals surface area contributed by atoms with Crippen molar-refractivity contribution in [3.8, 4) is 5.75 Å². The maximum atomic E-state index is 11.6. The lowest BCUT2D eigenvalue weighted by Crippen LogP contribution is -2.57. The molecule has 0 aliphatic heterocycles. The van der Waals surface area contributed by atoms with Crippen LogP contribution in [0.2, 0.25) is 0 Å². The molecule has 0 radical (unpaired) electrons. The second kappa shape index (κ2) is 7.03. The number of nitro groups is 1. The number of nitro benzene ring substituents is 1. The molecule has 1 aromatic carbocycles. The van der Waals surface area contributed by atoms with Crippen molar-refractivity contribution in [2.75, 3.05) is 13.2 Å². The summed E-state index contributed by atoms with van der Waals surface area (Å²) in [5.41, 5.74) is 5.06. The average Bonchev–Trinajstić information content (AvgIpc) is 2.43. The lowest BCUT2D eigenvalue weighted by Gasteiger charge is -2.27. The van der Waals surface area contributed by atoms with E-state index in [0.717, 1.165) is 6.42 Å². The maximum absolute atomic E-state index is 11.6. The van der Waals surface area contributed by atoms with Gasteiger partial charge in [-0.15, -0.1) is 0 Å². The zero-order chi connectivity index (χ0) is 16.0. The summed E-state index contributed by atoms with van der Waals surface area (Å²) in [4.78, 5) is 21.8. The van der Waals surface area contributed by atoms with Gasteiger partial charge >= 0.3 is 0 Å². The van der Waals surface area contributed by atoms with E-state index in [1.165, 1.54) is 18.2 Å². The summed E-state index contributed by atoms with van der Waals surface area (Å²) in [5, 5.41) is 13.7. The minimum Gasteiger partial charge on any atom is -0.491 e. The van der Waals surface area contributed by atoms with Crippen LogP contribution in [0, 0.1) is 17.0 Å². The van der Waals surface area contributed by atoms with Crippen molar-refractivity contribution in [2.24, 2.45) is 5.73 Å². The smallest absolute Gasteiger partial charge is 0.269 e. The van der Waals surface area contributed by atoms with Crippen LogP contribution in [0.1, 0.15) is 25.8 Å². The van der Waals surface area contributed by atoms with E-state index in [4.69, 9.17) is 10.5 Å². The van der Waals surface area contributed by atoms with Crippen molar-refractivity contribution < 1.29 is 14.5 Å². The van der Waals surface area contributed by atoms with E-state index in [9.17, 15) is 14.9 Å². The van der Waals surface area contributed by atoms with Gasteiger partial charge in [-0.2, -0.15) is 0 Å². The molecule has 116 valence electrons. The van der Waals surface area contributed by atoms with E-state index in [2.05, 4.69) is 5.32 Å². The Morgan fingerprint density at radius 2 is 2.19 bits per heavy atom. The number of aryl methyl sites for hydroxylation is 1. The van der Waals surface area contributed by atoms with Gasteiger partial charge in [-0.1, -0.05) is 6.92 Å². The first-order valence-corrected chi connectivity index (χ1v) is 6.73. The van der Waals surface area contributed by atoms with Gasteiger partial charge in [0.1, 0.15) is 17.9 Å². The molecule has 0 saturated heterocycles. The summed E-state index contributed by atoms with van der Waals surface area (Å²) in [6.45, 7) is 6.06. The van der Waals surface area contributed by atoms with Gasteiger partial charge in [0.15, 0.2) is 0 Å². The molecule has 0 aliphatic carbocycles. The molecule has 0 bridgehead atoms. The number of ether oxygens (including phenoxy) is 1. The Bertz CT molecular complexity index is 533. The van der Waals surface area contributed by atoms with Crippen LogP contribution >= 0.6 is 0 Å². The van der Waals surface area contributed by atoms with Crippen molar-refractivity contribution in [1.82, 2.24) is 5.32 Å². The summed E-state index contributed by atoms with van der Waals surface area (Å²) >= 11 is 0. The molecule has 1 rings (SSSR count). The van der Waals surface area contributed by atoms with Crippen LogP contribution < -0.4 is 15.8 Å². The fourth-order valence-corrected chi connectivity index (χ4v) is 1.74. The molecule has 3 N–H and O–H groups in total. The zero-order valence-electron chi connectivity index (χ0n) is 12.5. The van der Waals surface area contributed by atoms with E-state index in [-0.39, 0.29) is 12.3 Å². The Morgan fingerprint density at radius 1 is 1.52 bits per heavy atom. The Morgan fingerprint density at radius 3 is 2.67 bits per heavy atom. The molecule has 1 unspecified atom stereocenters. The molecule has 7 heteroatoms. The second-order valence-corrected chi connectivity index (χ2v) is 5.12. The quantitative estimate of drug-likeness (QED) is 0.558. The fourth-order valence-electron chi connectivity index (χ4n) is 1.74. The molecule has 0 fully saturated rings. The van der Waals surface area contributed by atoms with Crippen LogP contribution in [-0.4, -0.2) is 29.5 Å². The predicted molar refractivity (Wildman–Crippen MR) is 79.2 cm³/mol. The Hall–Kier alpha value is -2.15. The first-order valence-electron chi connectivity index (χ1n) is 6.73. The molecule has 1 aromatic rings. The number of carbonyl (C=O) groups excluding carboxylic acids is 1. The third kappa shape index (κ3) is 4.42. The number of nitrogens with zero attached hydrogens (tertiary/aromatic N) is 1. The van der Waals surface area contributed by atoms with Crippen molar-refractivity contribution in [3.63, 3.8) is 0 Å². The number of nitrogens with two attached hydrogens (primary N) is 1. The summed E-state index contributed by atoms with van der Waals surface area (Å²) in [6.07, 6.45) is 0.861. The lowest BCUT2D eigenvalue weighted by molar-refractivity contribution is -0.384. The van der Waals surface area contributed by atoms with Crippen LogP contribution in [0.4, 0.5) is 5.69 Å². The summed E-state index contributed by atoms with van der Waals surface area (Å²) < 4.78 is 5.61. The molecule has 0 spiro atoms. The fraction of sp³-hybridized carbons (Fsp3) is 0.500. The Kier molecular flexibility index (Phi) is 5.66. The number of carbonyl (C=O) groups is 1. The molecule has 1 atom stereocenters. The third-order valence-corrected chi connectivity index (χ3v) is 3.19. The van der Waals surface area contributed by atoms with Crippen molar-refractivity contribution in [1.29, 1.82) is 0 Å². The molecule has 7 nitrogen and oxygen atoms in total. The van der Waals surface area contributed by atoms with Gasteiger partial charge in [0.05, 0.1) is 4.92 Å². The molecule has 0 saturated carbocycles. The number of benzene rings is 1. The normalized spacial score (nSPS) is 13.5. The minimum atomic E-state index is -0.982. The van der Waals surface area contributed by atoms with Gasteiger partial charge in [-0.05, 0) is 38.4 Å². The lowest BCUT2D eigenvalue weighted by atomic mass is 10.0. The van der Waals surface area contributed by atoms with Crippen LogP contribution in [-0.2, 0) is 4.79 Å². The maximum Gasteiger partial charge on any atom is 0.269 e. The van der Waals surface area contributed by atoms with Crippen LogP contribution in [0.25, 0.3) is 0 Å². The number of nitrogens with one attached hydrogen (secondary N) is 1. The molecular weight excluding hydrogens is 274 g/mol. The van der Waals surface area contributed by atoms with Crippen molar-refractivity contribution in [2.45, 2.75) is 32.7 Å². The molecule has 1 amide bonds. The number of hydrogen-bond acceptors (Lipinski definition) is 5. The summed E-state index contributed by atoms with van der Waals surface area (Å²) in [5.74, 6) is -0.0121. The standard InChI is InChI=1S/C14H21N3O4/c1-4-7-16-14(3,13(15)18)9-21-12-6-5-11(17(19)20)8-10(12)2/h5-6,8,16H,4,7,9H2,1-3H3,(H2,15,18). The second-order valence-electron chi connectivity index (χ2n) is 5.12. The SMILES string of the molecule is CCCNC(C)(COc1ccc([N+](=O)[O-])cc1C)C(N)=O. The first kappa shape index (κ1) is 16.9. The van der Waals surface area contributed by atoms with Gasteiger partial charge < -0.3 is 15.8 Å². The largest absolute Gasteiger partial charge is 0.491 e. The van der Waals surface area contributed by atoms with E-state index in [1.54, 1.807) is 13.8 Å². The number of non-ortho nitro benzene ring substituents is 1. The van der Waals surface area contributed by atoms with Crippen molar-refractivity contribution in [3.05, 3.63) is 33.9 Å². The predicted octanol–water partition coefficient (Wildman–Crippen LogP) is 1.53. The van der Waals surface area contributed by atoms with Gasteiger partial charge in [0, 0.05) is 12.1 Å². The van der Waals surface area contributed by atoms with E-state index in [0.29, 0.717) is 17.9 Å². The minimum absolute atomic E-state index is 0.00150. The van der Waals surface area contributed by atoms with Gasteiger partial charge in [0.2, 0.25) is 5.91 Å². The highest BCUT2D eigenvalue weighted by Gasteiger charge is 2.31. The van der Waals surface area contributed by atoms with Crippen LogP contribution in [0.3, 0.4) is 0 Å². The zero-order valence-corrected chi connectivity index (χ0v) is 12.5. The van der Waals surface area contributed by atoms with Crippen LogP contribution in [0.5, 0.6) is 5.75 Å². The molecule has 0 aromatic heterocycles. The third-order valence-electron chi connectivity index (χ3n) is 3.19. The van der Waals surface area contributed by atoms with E-state index in [1.807, 2.05) is 6.92 Å². The van der Waals surface area contributed by atoms with E-state index < -0.39 is 16.4 Å². The van der Waals surface area contributed by atoms with E-state index >= 15 is 0 Å². The number of primary amides is 1. The molecule has 0 aliphatic rings. The van der Waals surface area contributed by atoms with Gasteiger partial charge in [-0.3, -0.25) is 14.9 Å². The topological polar surface area (TPSA) is 107 Å². The highest BCUT2D eigenvalue weighted by Crippen LogP contribution is 2.24. The van der Waals surface area contributed by atoms with Gasteiger partial charge in [-0.25, -0.2) is 0 Å². The highest BCUT2D eigenvalue weighted by atomic mass is 16.6. The first-order chi connectivity index (χ1) is 9.80. The van der Waals surface area contributed by atoms with Crippen molar-refractivity contribution >= 4 is 11.6 Å². The molecular formula is C14H21N3O4. The summed E-state index contributed by atoms with van der Waals surface area (Å²) in [6, 6.07) is 4.31. The molecule has 0 heterocycles. The average molecular weight is 295 g/mol. The summed E-state index contributed by atoms with van der Waals surface area (Å²) in [7, 11) is 0. The monoisotopic (exact) mass is 295 g/mol. The van der Waals surface area contributed by atoms with Gasteiger partial charge in [0.25, 0.3) is 5.69 Å². The highest BCUT2D eigenvalue weighted by molar-refractivity contribution is 5.84. The molecule has 21 heavy (non-hydrogen) atoms.